The highest BCUT2D eigenvalue weighted by Crippen LogP contribution is 2.28. The van der Waals surface area contributed by atoms with E-state index >= 15 is 0 Å². The van der Waals surface area contributed by atoms with Crippen LogP contribution in [0.3, 0.4) is 0 Å². The van der Waals surface area contributed by atoms with Crippen LogP contribution in [0, 0.1) is 19.8 Å². The molecule has 1 fully saturated rings. The molecule has 0 aliphatic carbocycles. The predicted octanol–water partition coefficient (Wildman–Crippen LogP) is 2.38. The van der Waals surface area contributed by atoms with Gasteiger partial charge in [0.1, 0.15) is 0 Å². The highest BCUT2D eigenvalue weighted by Gasteiger charge is 2.39. The molecular weight excluding hydrogens is 230 g/mol. The van der Waals surface area contributed by atoms with Gasteiger partial charge in [0.05, 0.1) is 5.92 Å². The lowest BCUT2D eigenvalue weighted by atomic mass is 10.1. The van der Waals surface area contributed by atoms with Crippen LogP contribution in [0.4, 0.5) is 0 Å². The molecule has 1 aliphatic rings. The smallest absolute Gasteiger partial charge is 0.266 e. The van der Waals surface area contributed by atoms with E-state index < -0.39 is 0 Å². The lowest BCUT2D eigenvalue weighted by Gasteiger charge is -2.18. The van der Waals surface area contributed by atoms with Crippen molar-refractivity contribution < 1.29 is 14.4 Å². The normalized spacial score (nSPS) is 19.5. The van der Waals surface area contributed by atoms with Crippen LogP contribution in [0.25, 0.3) is 0 Å². The summed E-state index contributed by atoms with van der Waals surface area (Å²) in [5.74, 6) is -0.127. The molecule has 1 unspecified atom stereocenters. The van der Waals surface area contributed by atoms with E-state index in [9.17, 15) is 9.59 Å². The Balaban J connectivity index is 2.24. The average molecular weight is 247 g/mol. The molecular formula is C14H17NO3. The minimum absolute atomic E-state index is 0.231. The topological polar surface area (TPSA) is 46.6 Å². The maximum atomic E-state index is 12.0. The maximum Gasteiger partial charge on any atom is 0.266 e. The van der Waals surface area contributed by atoms with Crippen molar-refractivity contribution in [3.63, 3.8) is 0 Å². The summed E-state index contributed by atoms with van der Waals surface area (Å²) in [6.07, 6.45) is 0.914. The molecule has 0 bridgehead atoms. The van der Waals surface area contributed by atoms with E-state index in [0.717, 1.165) is 16.2 Å². The molecule has 96 valence electrons. The van der Waals surface area contributed by atoms with Crippen LogP contribution in [0.15, 0.2) is 18.2 Å². The minimum atomic E-state index is -0.255. The summed E-state index contributed by atoms with van der Waals surface area (Å²) >= 11 is 0. The number of hydrogen-bond acceptors (Lipinski definition) is 3. The Morgan fingerprint density at radius 1 is 1.28 bits per heavy atom. The van der Waals surface area contributed by atoms with Crippen molar-refractivity contribution in [1.82, 2.24) is 5.06 Å². The summed E-state index contributed by atoms with van der Waals surface area (Å²) in [6.45, 7) is 5.69. The SMILES string of the molecule is CCC1CC(=O)N(Oc2c(C)cccc2C)C1=O. The molecule has 18 heavy (non-hydrogen) atoms. The fourth-order valence-electron chi connectivity index (χ4n) is 2.12. The third-order valence-electron chi connectivity index (χ3n) is 3.28. The van der Waals surface area contributed by atoms with Gasteiger partial charge in [-0.3, -0.25) is 9.59 Å². The first-order valence-corrected chi connectivity index (χ1v) is 6.15. The summed E-state index contributed by atoms with van der Waals surface area (Å²) in [4.78, 5) is 29.2. The van der Waals surface area contributed by atoms with E-state index in [4.69, 9.17) is 4.84 Å². The zero-order chi connectivity index (χ0) is 13.3. The number of benzene rings is 1. The number of carbonyl (C=O) groups excluding carboxylic acids is 2. The molecule has 1 aromatic carbocycles. The molecule has 2 rings (SSSR count). The number of carbonyl (C=O) groups is 2. The van der Waals surface area contributed by atoms with E-state index in [1.807, 2.05) is 39.0 Å². The van der Waals surface area contributed by atoms with E-state index in [2.05, 4.69) is 0 Å². The van der Waals surface area contributed by atoms with E-state index in [0.29, 0.717) is 12.2 Å². The van der Waals surface area contributed by atoms with Crippen molar-refractivity contribution in [2.24, 2.45) is 5.92 Å². The molecule has 1 heterocycles. The second-order valence-electron chi connectivity index (χ2n) is 4.65. The zero-order valence-electron chi connectivity index (χ0n) is 10.9. The number of hydroxylamine groups is 2. The third kappa shape index (κ3) is 2.10. The molecule has 1 saturated heterocycles. The quantitative estimate of drug-likeness (QED) is 0.770. The summed E-state index contributed by atoms with van der Waals surface area (Å²) in [5, 5.41) is 0.920. The molecule has 4 nitrogen and oxygen atoms in total. The minimum Gasteiger partial charge on any atom is -0.369 e. The van der Waals surface area contributed by atoms with Crippen LogP contribution in [-0.2, 0) is 9.59 Å². The van der Waals surface area contributed by atoms with Gasteiger partial charge in [-0.2, -0.15) is 0 Å². The summed E-state index contributed by atoms with van der Waals surface area (Å²) < 4.78 is 0. The van der Waals surface area contributed by atoms with Crippen molar-refractivity contribution in [3.05, 3.63) is 29.3 Å². The van der Waals surface area contributed by atoms with Crippen LogP contribution in [0.1, 0.15) is 30.9 Å². The highest BCUT2D eigenvalue weighted by molar-refractivity contribution is 6.02. The van der Waals surface area contributed by atoms with Crippen LogP contribution < -0.4 is 4.84 Å². The molecule has 4 heteroatoms. The molecule has 0 spiro atoms. The van der Waals surface area contributed by atoms with Crippen LogP contribution in [0.2, 0.25) is 0 Å². The number of aryl methyl sites for hydroxylation is 2. The number of amides is 2. The number of nitrogens with zero attached hydrogens (tertiary/aromatic N) is 1. The summed E-state index contributed by atoms with van der Waals surface area (Å²) in [5.41, 5.74) is 1.83. The highest BCUT2D eigenvalue weighted by atomic mass is 16.7. The van der Waals surface area contributed by atoms with Gasteiger partial charge in [0.15, 0.2) is 5.75 Å². The second-order valence-corrected chi connectivity index (χ2v) is 4.65. The average Bonchev–Trinajstić information content (AvgIpc) is 2.60. The number of hydrogen-bond donors (Lipinski definition) is 0. The fraction of sp³-hybridized carbons (Fsp3) is 0.429. The van der Waals surface area contributed by atoms with Gasteiger partial charge >= 0.3 is 0 Å². The largest absolute Gasteiger partial charge is 0.369 e. The van der Waals surface area contributed by atoms with Gasteiger partial charge in [-0.25, -0.2) is 0 Å². The molecule has 0 saturated carbocycles. The Hall–Kier alpha value is -1.84. The second kappa shape index (κ2) is 4.80. The molecule has 0 aromatic heterocycles. The van der Waals surface area contributed by atoms with Gasteiger partial charge in [-0.1, -0.05) is 25.1 Å². The Labute approximate surface area is 106 Å². The number of para-hydroxylation sites is 1. The van der Waals surface area contributed by atoms with Crippen molar-refractivity contribution in [2.75, 3.05) is 0 Å². The Bertz CT molecular complexity index is 476. The van der Waals surface area contributed by atoms with E-state index in [1.165, 1.54) is 0 Å². The lowest BCUT2D eigenvalue weighted by molar-refractivity contribution is -0.165. The lowest BCUT2D eigenvalue weighted by Crippen LogP contribution is -2.34. The van der Waals surface area contributed by atoms with Crippen LogP contribution in [0.5, 0.6) is 5.75 Å². The van der Waals surface area contributed by atoms with Crippen LogP contribution >= 0.6 is 0 Å². The fourth-order valence-corrected chi connectivity index (χ4v) is 2.12. The van der Waals surface area contributed by atoms with Gasteiger partial charge in [0.25, 0.3) is 11.8 Å². The molecule has 0 radical (unpaired) electrons. The van der Waals surface area contributed by atoms with Gasteiger partial charge in [-0.15, -0.1) is 5.06 Å². The van der Waals surface area contributed by atoms with Gasteiger partial charge in [0, 0.05) is 6.42 Å². The molecule has 2 amide bonds. The monoisotopic (exact) mass is 247 g/mol. The first-order chi connectivity index (χ1) is 8.54. The Morgan fingerprint density at radius 3 is 2.39 bits per heavy atom. The molecule has 1 atom stereocenters. The van der Waals surface area contributed by atoms with Crippen molar-refractivity contribution in [2.45, 2.75) is 33.6 Å². The first kappa shape index (κ1) is 12.6. The van der Waals surface area contributed by atoms with Crippen molar-refractivity contribution >= 4 is 11.8 Å². The third-order valence-corrected chi connectivity index (χ3v) is 3.28. The Kier molecular flexibility index (Phi) is 3.36. The number of imide groups is 1. The Morgan fingerprint density at radius 2 is 1.89 bits per heavy atom. The summed E-state index contributed by atoms with van der Waals surface area (Å²) in [7, 11) is 0. The molecule has 0 N–H and O–H groups in total. The maximum absolute atomic E-state index is 12.0. The van der Waals surface area contributed by atoms with Gasteiger partial charge < -0.3 is 4.84 Å². The predicted molar refractivity (Wildman–Crippen MR) is 66.8 cm³/mol. The first-order valence-electron chi connectivity index (χ1n) is 6.15. The zero-order valence-corrected chi connectivity index (χ0v) is 10.9. The van der Waals surface area contributed by atoms with Crippen molar-refractivity contribution in [3.8, 4) is 5.75 Å². The van der Waals surface area contributed by atoms with Gasteiger partial charge in [-0.05, 0) is 31.4 Å². The van der Waals surface area contributed by atoms with E-state index in [1.54, 1.807) is 0 Å². The van der Waals surface area contributed by atoms with Gasteiger partial charge in [0.2, 0.25) is 0 Å². The molecule has 1 aliphatic heterocycles. The standard InChI is InChI=1S/C14H17NO3/c1-4-11-8-12(16)15(14(11)17)18-13-9(2)6-5-7-10(13)3/h5-7,11H,4,8H2,1-3H3. The van der Waals surface area contributed by atoms with E-state index in [-0.39, 0.29) is 24.2 Å². The van der Waals surface area contributed by atoms with Crippen LogP contribution in [-0.4, -0.2) is 16.9 Å². The van der Waals surface area contributed by atoms with Crippen molar-refractivity contribution in [1.29, 1.82) is 0 Å². The molecule has 1 aromatic rings. The summed E-state index contributed by atoms with van der Waals surface area (Å²) in [6, 6.07) is 5.70. The number of rotatable bonds is 3.